The summed E-state index contributed by atoms with van der Waals surface area (Å²) >= 11 is 0. The minimum absolute atomic E-state index is 0.0266. The summed E-state index contributed by atoms with van der Waals surface area (Å²) < 4.78 is 18.5. The van der Waals surface area contributed by atoms with E-state index in [-0.39, 0.29) is 11.6 Å². The van der Waals surface area contributed by atoms with Crippen LogP contribution in [0.3, 0.4) is 0 Å². The molecule has 2 aromatic carbocycles. The zero-order chi connectivity index (χ0) is 13.9. The second kappa shape index (κ2) is 5.45. The third-order valence-electron chi connectivity index (χ3n) is 3.54. The molecule has 1 aliphatic heterocycles. The van der Waals surface area contributed by atoms with Gasteiger partial charge in [0.1, 0.15) is 11.6 Å². The molecule has 102 valence electrons. The average molecular weight is 270 g/mol. The molecule has 0 bridgehead atoms. The third kappa shape index (κ3) is 2.72. The number of hydrogen-bond donors (Lipinski definition) is 0. The number of ketones is 1. The SMILES string of the molecule is O=C(CCc1ccc2c(c1)CCO2)c1cccc(F)c1. The summed E-state index contributed by atoms with van der Waals surface area (Å²) in [6, 6.07) is 11.9. The van der Waals surface area contributed by atoms with E-state index in [1.807, 2.05) is 12.1 Å². The fraction of sp³-hybridized carbons (Fsp3) is 0.235. The lowest BCUT2D eigenvalue weighted by Crippen LogP contribution is -2.01. The van der Waals surface area contributed by atoms with E-state index in [1.165, 1.54) is 17.7 Å². The monoisotopic (exact) mass is 270 g/mol. The van der Waals surface area contributed by atoms with Crippen molar-refractivity contribution in [3.8, 4) is 5.75 Å². The van der Waals surface area contributed by atoms with Gasteiger partial charge < -0.3 is 4.74 Å². The Morgan fingerprint density at radius 3 is 2.95 bits per heavy atom. The lowest BCUT2D eigenvalue weighted by molar-refractivity contribution is 0.0982. The van der Waals surface area contributed by atoms with Gasteiger partial charge in [-0.1, -0.05) is 24.3 Å². The molecule has 3 rings (SSSR count). The fourth-order valence-corrected chi connectivity index (χ4v) is 2.46. The molecule has 0 radical (unpaired) electrons. The van der Waals surface area contributed by atoms with Crippen LogP contribution in [0.5, 0.6) is 5.75 Å². The van der Waals surface area contributed by atoms with E-state index >= 15 is 0 Å². The molecule has 0 aromatic heterocycles. The van der Waals surface area contributed by atoms with Crippen LogP contribution >= 0.6 is 0 Å². The number of rotatable bonds is 4. The highest BCUT2D eigenvalue weighted by Gasteiger charge is 2.13. The quantitative estimate of drug-likeness (QED) is 0.794. The zero-order valence-corrected chi connectivity index (χ0v) is 11.1. The molecule has 0 saturated carbocycles. The van der Waals surface area contributed by atoms with Gasteiger partial charge in [-0.2, -0.15) is 0 Å². The summed E-state index contributed by atoms with van der Waals surface area (Å²) in [7, 11) is 0. The molecule has 0 fully saturated rings. The van der Waals surface area contributed by atoms with Gasteiger partial charge in [-0.15, -0.1) is 0 Å². The summed E-state index contributed by atoms with van der Waals surface area (Å²) in [5.41, 5.74) is 2.77. The van der Waals surface area contributed by atoms with Crippen LogP contribution in [0.4, 0.5) is 4.39 Å². The molecule has 0 N–H and O–H groups in total. The number of hydrogen-bond acceptors (Lipinski definition) is 2. The topological polar surface area (TPSA) is 26.3 Å². The molecule has 0 spiro atoms. The highest BCUT2D eigenvalue weighted by molar-refractivity contribution is 5.96. The zero-order valence-electron chi connectivity index (χ0n) is 11.1. The molecule has 3 heteroatoms. The number of carbonyl (C=O) groups is 1. The predicted octanol–water partition coefficient (Wildman–Crippen LogP) is 3.58. The van der Waals surface area contributed by atoms with Crippen LogP contribution in [0, 0.1) is 5.82 Å². The molecular weight excluding hydrogens is 255 g/mol. The van der Waals surface area contributed by atoms with Crippen LogP contribution in [0.15, 0.2) is 42.5 Å². The first-order valence-corrected chi connectivity index (χ1v) is 6.76. The second-order valence-electron chi connectivity index (χ2n) is 4.97. The Morgan fingerprint density at radius 2 is 2.10 bits per heavy atom. The normalized spacial score (nSPS) is 12.8. The number of halogens is 1. The van der Waals surface area contributed by atoms with Crippen molar-refractivity contribution in [3.63, 3.8) is 0 Å². The number of aryl methyl sites for hydroxylation is 1. The van der Waals surface area contributed by atoms with E-state index in [9.17, 15) is 9.18 Å². The first kappa shape index (κ1) is 12.9. The fourth-order valence-electron chi connectivity index (χ4n) is 2.46. The van der Waals surface area contributed by atoms with Gasteiger partial charge in [-0.25, -0.2) is 4.39 Å². The van der Waals surface area contributed by atoms with Crippen molar-refractivity contribution >= 4 is 5.78 Å². The van der Waals surface area contributed by atoms with E-state index in [0.717, 1.165) is 24.3 Å². The first-order chi connectivity index (χ1) is 9.72. The number of carbonyl (C=O) groups excluding carboxylic acids is 1. The van der Waals surface area contributed by atoms with E-state index in [0.29, 0.717) is 18.4 Å². The maximum Gasteiger partial charge on any atom is 0.163 e. The van der Waals surface area contributed by atoms with Crippen LogP contribution in [0.25, 0.3) is 0 Å². The van der Waals surface area contributed by atoms with Gasteiger partial charge in [0.25, 0.3) is 0 Å². The number of ether oxygens (including phenoxy) is 1. The average Bonchev–Trinajstić information content (AvgIpc) is 2.92. The molecular formula is C17H15FO2. The maximum absolute atomic E-state index is 13.1. The smallest absolute Gasteiger partial charge is 0.163 e. The van der Waals surface area contributed by atoms with Crippen LogP contribution in [0.1, 0.15) is 27.9 Å². The van der Waals surface area contributed by atoms with E-state index in [4.69, 9.17) is 4.74 Å². The van der Waals surface area contributed by atoms with Gasteiger partial charge in [0.05, 0.1) is 6.61 Å². The lowest BCUT2D eigenvalue weighted by atomic mass is 10.0. The Bertz CT molecular complexity index is 649. The molecule has 20 heavy (non-hydrogen) atoms. The van der Waals surface area contributed by atoms with Gasteiger partial charge in [-0.05, 0) is 35.7 Å². The van der Waals surface area contributed by atoms with Crippen molar-refractivity contribution in [3.05, 3.63) is 65.0 Å². The van der Waals surface area contributed by atoms with Crippen LogP contribution in [0.2, 0.25) is 0 Å². The summed E-state index contributed by atoms with van der Waals surface area (Å²) in [6.07, 6.45) is 1.99. The number of fused-ring (bicyclic) bond motifs is 1. The van der Waals surface area contributed by atoms with Crippen molar-refractivity contribution < 1.29 is 13.9 Å². The van der Waals surface area contributed by atoms with Gasteiger partial charge in [0, 0.05) is 18.4 Å². The minimum atomic E-state index is -0.370. The largest absolute Gasteiger partial charge is 0.493 e. The Morgan fingerprint density at radius 1 is 1.20 bits per heavy atom. The Hall–Kier alpha value is -2.16. The first-order valence-electron chi connectivity index (χ1n) is 6.76. The summed E-state index contributed by atoms with van der Waals surface area (Å²) in [6.45, 7) is 0.737. The van der Waals surface area contributed by atoms with Crippen molar-refractivity contribution in [2.24, 2.45) is 0 Å². The van der Waals surface area contributed by atoms with Crippen LogP contribution < -0.4 is 4.74 Å². The van der Waals surface area contributed by atoms with Crippen molar-refractivity contribution in [1.82, 2.24) is 0 Å². The van der Waals surface area contributed by atoms with Crippen LogP contribution in [-0.2, 0) is 12.8 Å². The standard InChI is InChI=1S/C17H15FO2/c18-15-3-1-2-13(11-15)16(19)6-4-12-5-7-17-14(10-12)8-9-20-17/h1-3,5,7,10-11H,4,6,8-9H2. The van der Waals surface area contributed by atoms with Crippen molar-refractivity contribution in [2.45, 2.75) is 19.3 Å². The lowest BCUT2D eigenvalue weighted by Gasteiger charge is -2.04. The molecule has 0 amide bonds. The number of benzene rings is 2. The highest BCUT2D eigenvalue weighted by atomic mass is 19.1. The Labute approximate surface area is 117 Å². The molecule has 1 heterocycles. The Kier molecular flexibility index (Phi) is 3.50. The second-order valence-corrected chi connectivity index (χ2v) is 4.97. The predicted molar refractivity (Wildman–Crippen MR) is 74.7 cm³/mol. The molecule has 2 aromatic rings. The molecule has 2 nitrogen and oxygen atoms in total. The maximum atomic E-state index is 13.1. The molecule has 0 saturated heterocycles. The molecule has 0 unspecified atom stereocenters. The molecule has 0 aliphatic carbocycles. The summed E-state index contributed by atoms with van der Waals surface area (Å²) in [5.74, 6) is 0.553. The molecule has 0 atom stereocenters. The van der Waals surface area contributed by atoms with Gasteiger partial charge in [0.2, 0.25) is 0 Å². The van der Waals surface area contributed by atoms with Crippen molar-refractivity contribution in [2.75, 3.05) is 6.61 Å². The third-order valence-corrected chi connectivity index (χ3v) is 3.54. The highest BCUT2D eigenvalue weighted by Crippen LogP contribution is 2.26. The minimum Gasteiger partial charge on any atom is -0.493 e. The van der Waals surface area contributed by atoms with E-state index < -0.39 is 0 Å². The number of Topliss-reactive ketones (excluding diaryl/α,β-unsaturated/α-hetero) is 1. The van der Waals surface area contributed by atoms with E-state index in [2.05, 4.69) is 6.07 Å². The van der Waals surface area contributed by atoms with Gasteiger partial charge >= 0.3 is 0 Å². The Balaban J connectivity index is 1.66. The van der Waals surface area contributed by atoms with Crippen molar-refractivity contribution in [1.29, 1.82) is 0 Å². The van der Waals surface area contributed by atoms with Gasteiger partial charge in [0.15, 0.2) is 5.78 Å². The van der Waals surface area contributed by atoms with E-state index in [1.54, 1.807) is 12.1 Å². The van der Waals surface area contributed by atoms with Crippen LogP contribution in [-0.4, -0.2) is 12.4 Å². The van der Waals surface area contributed by atoms with Gasteiger partial charge in [-0.3, -0.25) is 4.79 Å². The summed E-state index contributed by atoms with van der Waals surface area (Å²) in [4.78, 5) is 12.0. The molecule has 1 aliphatic rings. The summed E-state index contributed by atoms with van der Waals surface area (Å²) in [5, 5.41) is 0.